The van der Waals surface area contributed by atoms with Gasteiger partial charge in [0.05, 0.1) is 5.02 Å². The molecule has 0 bridgehead atoms. The second-order valence-corrected chi connectivity index (χ2v) is 3.19. The van der Waals surface area contributed by atoms with Gasteiger partial charge in [-0.15, -0.1) is 0 Å². The van der Waals surface area contributed by atoms with Gasteiger partial charge in [-0.2, -0.15) is 0 Å². The first-order valence-electron chi connectivity index (χ1n) is 2.88. The van der Waals surface area contributed by atoms with E-state index in [4.69, 9.17) is 11.6 Å². The normalized spacial score (nSPS) is 10.8. The van der Waals surface area contributed by atoms with Crippen molar-refractivity contribution < 1.29 is 8.78 Å². The monoisotopic (exact) mass is 257 g/mol. The highest BCUT2D eigenvalue weighted by atomic mass is 79.9. The third-order valence-electron chi connectivity index (χ3n) is 1.20. The molecule has 0 aliphatic carbocycles. The van der Waals surface area contributed by atoms with Crippen molar-refractivity contribution in [3.05, 3.63) is 31.6 Å². The Bertz CT molecular complexity index is 352. The predicted octanol–water partition coefficient (Wildman–Crippen LogP) is 2.73. The Hall–Kier alpha value is -0.420. The summed E-state index contributed by atoms with van der Waals surface area (Å²) in [5.74, 6) is 0. The topological polar surface area (TPSA) is 32.9 Å². The standard InChI is InChI=1S/C6H3BrClF2NO/c7-5-4(8)2(6(9)10)1-3(12)11-5/h1,6H,(H,11,12). The van der Waals surface area contributed by atoms with E-state index in [9.17, 15) is 13.6 Å². The van der Waals surface area contributed by atoms with Gasteiger partial charge in [-0.3, -0.25) is 4.79 Å². The molecular formula is C6H3BrClF2NO. The number of aromatic nitrogens is 1. The highest BCUT2D eigenvalue weighted by Crippen LogP contribution is 2.29. The van der Waals surface area contributed by atoms with Crippen LogP contribution in [-0.4, -0.2) is 4.98 Å². The Labute approximate surface area is 79.7 Å². The van der Waals surface area contributed by atoms with E-state index in [0.717, 1.165) is 6.07 Å². The van der Waals surface area contributed by atoms with Gasteiger partial charge in [-0.05, 0) is 15.9 Å². The zero-order valence-corrected chi connectivity index (χ0v) is 7.92. The van der Waals surface area contributed by atoms with Crippen LogP contribution >= 0.6 is 27.5 Å². The molecule has 1 N–H and O–H groups in total. The Balaban J connectivity index is 3.38. The Kier molecular flexibility index (Phi) is 2.85. The van der Waals surface area contributed by atoms with Crippen molar-refractivity contribution in [1.29, 1.82) is 0 Å². The summed E-state index contributed by atoms with van der Waals surface area (Å²) in [6.07, 6.45) is -2.74. The molecule has 0 spiro atoms. The van der Waals surface area contributed by atoms with Crippen molar-refractivity contribution in [3.63, 3.8) is 0 Å². The summed E-state index contributed by atoms with van der Waals surface area (Å²) >= 11 is 8.31. The largest absolute Gasteiger partial charge is 0.315 e. The Morgan fingerprint density at radius 1 is 1.58 bits per heavy atom. The summed E-state index contributed by atoms with van der Waals surface area (Å²) in [5.41, 5.74) is -1.08. The number of halogens is 4. The summed E-state index contributed by atoms with van der Waals surface area (Å²) in [6.45, 7) is 0. The van der Waals surface area contributed by atoms with E-state index in [0.29, 0.717) is 0 Å². The van der Waals surface area contributed by atoms with Crippen LogP contribution in [0.15, 0.2) is 15.5 Å². The SMILES string of the molecule is O=c1cc(C(F)F)c(Cl)c(Br)[nH]1. The van der Waals surface area contributed by atoms with Gasteiger partial charge in [0.2, 0.25) is 5.56 Å². The fraction of sp³-hybridized carbons (Fsp3) is 0.167. The second kappa shape index (κ2) is 3.53. The Morgan fingerprint density at radius 3 is 2.67 bits per heavy atom. The lowest BCUT2D eigenvalue weighted by molar-refractivity contribution is 0.151. The highest BCUT2D eigenvalue weighted by molar-refractivity contribution is 9.10. The van der Waals surface area contributed by atoms with Crippen LogP contribution in [-0.2, 0) is 0 Å². The van der Waals surface area contributed by atoms with E-state index >= 15 is 0 Å². The summed E-state index contributed by atoms with van der Waals surface area (Å²) in [5, 5.41) is -0.162. The molecule has 0 fully saturated rings. The van der Waals surface area contributed by atoms with Crippen molar-refractivity contribution >= 4 is 27.5 Å². The number of alkyl halides is 2. The highest BCUT2D eigenvalue weighted by Gasteiger charge is 2.14. The van der Waals surface area contributed by atoms with Gasteiger partial charge in [0, 0.05) is 11.6 Å². The molecule has 6 heteroatoms. The summed E-state index contributed by atoms with van der Waals surface area (Å²) in [6, 6.07) is 0.776. The molecule has 0 unspecified atom stereocenters. The van der Waals surface area contributed by atoms with E-state index < -0.39 is 17.5 Å². The molecule has 1 aromatic heterocycles. The fourth-order valence-electron chi connectivity index (χ4n) is 0.689. The molecule has 66 valence electrons. The van der Waals surface area contributed by atoms with Crippen molar-refractivity contribution in [1.82, 2.24) is 4.98 Å². The van der Waals surface area contributed by atoms with E-state index in [1.54, 1.807) is 0 Å². The van der Waals surface area contributed by atoms with Crippen LogP contribution in [0.1, 0.15) is 12.0 Å². The lowest BCUT2D eigenvalue weighted by Crippen LogP contribution is -2.07. The molecule has 1 heterocycles. The number of H-pyrrole nitrogens is 1. The van der Waals surface area contributed by atoms with Crippen molar-refractivity contribution in [3.8, 4) is 0 Å². The molecule has 0 amide bonds. The summed E-state index contributed by atoms with van der Waals surface area (Å²) < 4.78 is 24.3. The minimum atomic E-state index is -2.74. The molecule has 12 heavy (non-hydrogen) atoms. The lowest BCUT2D eigenvalue weighted by Gasteiger charge is -2.02. The molecule has 0 radical (unpaired) electrons. The maximum atomic E-state index is 12.1. The average molecular weight is 258 g/mol. The van der Waals surface area contributed by atoms with Gasteiger partial charge in [0.15, 0.2) is 0 Å². The third kappa shape index (κ3) is 1.84. The van der Waals surface area contributed by atoms with Gasteiger partial charge in [-0.1, -0.05) is 11.6 Å². The van der Waals surface area contributed by atoms with E-state index in [2.05, 4.69) is 20.9 Å². The molecule has 0 atom stereocenters. The van der Waals surface area contributed by atoms with Crippen LogP contribution < -0.4 is 5.56 Å². The first-order valence-corrected chi connectivity index (χ1v) is 4.06. The lowest BCUT2D eigenvalue weighted by atomic mass is 10.3. The molecule has 2 nitrogen and oxygen atoms in total. The number of nitrogens with one attached hydrogen (secondary N) is 1. The van der Waals surface area contributed by atoms with Crippen LogP contribution in [0.2, 0.25) is 5.02 Å². The average Bonchev–Trinajstić information content (AvgIpc) is 1.96. The fourth-order valence-corrected chi connectivity index (χ4v) is 1.30. The number of rotatable bonds is 1. The molecule has 1 aromatic rings. The zero-order valence-electron chi connectivity index (χ0n) is 5.57. The third-order valence-corrected chi connectivity index (χ3v) is 2.43. The van der Waals surface area contributed by atoms with Gasteiger partial charge in [0.1, 0.15) is 4.60 Å². The number of hydrogen-bond acceptors (Lipinski definition) is 1. The van der Waals surface area contributed by atoms with Gasteiger partial charge >= 0.3 is 0 Å². The van der Waals surface area contributed by atoms with E-state index in [1.165, 1.54) is 0 Å². The number of hydrogen-bond donors (Lipinski definition) is 1. The first kappa shape index (κ1) is 9.67. The zero-order chi connectivity index (χ0) is 9.30. The quantitative estimate of drug-likeness (QED) is 0.772. The van der Waals surface area contributed by atoms with Crippen molar-refractivity contribution in [2.45, 2.75) is 6.43 Å². The van der Waals surface area contributed by atoms with Crippen LogP contribution in [0.25, 0.3) is 0 Å². The van der Waals surface area contributed by atoms with Gasteiger partial charge in [-0.25, -0.2) is 8.78 Å². The molecular weight excluding hydrogens is 255 g/mol. The van der Waals surface area contributed by atoms with Gasteiger partial charge in [0.25, 0.3) is 6.43 Å². The first-order chi connectivity index (χ1) is 5.52. The molecule has 1 rings (SSSR count). The van der Waals surface area contributed by atoms with Crippen LogP contribution in [0.5, 0.6) is 0 Å². The second-order valence-electron chi connectivity index (χ2n) is 2.02. The summed E-state index contributed by atoms with van der Waals surface area (Å²) in [4.78, 5) is 12.9. The molecule has 0 aliphatic heterocycles. The Morgan fingerprint density at radius 2 is 2.17 bits per heavy atom. The van der Waals surface area contributed by atoms with Crippen LogP contribution in [0.3, 0.4) is 0 Å². The van der Waals surface area contributed by atoms with E-state index in [-0.39, 0.29) is 9.63 Å². The summed E-state index contributed by atoms with van der Waals surface area (Å²) in [7, 11) is 0. The van der Waals surface area contributed by atoms with Crippen molar-refractivity contribution in [2.24, 2.45) is 0 Å². The maximum Gasteiger partial charge on any atom is 0.265 e. The predicted molar refractivity (Wildman–Crippen MR) is 44.7 cm³/mol. The van der Waals surface area contributed by atoms with Gasteiger partial charge < -0.3 is 4.98 Å². The number of pyridine rings is 1. The molecule has 0 saturated carbocycles. The minimum absolute atomic E-state index is 0.0759. The molecule has 0 saturated heterocycles. The smallest absolute Gasteiger partial charge is 0.265 e. The number of aromatic amines is 1. The van der Waals surface area contributed by atoms with Crippen LogP contribution in [0.4, 0.5) is 8.78 Å². The molecule has 0 aliphatic rings. The minimum Gasteiger partial charge on any atom is -0.315 e. The van der Waals surface area contributed by atoms with E-state index in [1.807, 2.05) is 0 Å². The molecule has 0 aromatic carbocycles. The van der Waals surface area contributed by atoms with Crippen LogP contribution in [0, 0.1) is 0 Å². The maximum absolute atomic E-state index is 12.1. The van der Waals surface area contributed by atoms with Crippen molar-refractivity contribution in [2.75, 3.05) is 0 Å².